The van der Waals surface area contributed by atoms with Crippen molar-refractivity contribution in [3.63, 3.8) is 0 Å². The van der Waals surface area contributed by atoms with Gasteiger partial charge >= 0.3 is 5.97 Å². The topological polar surface area (TPSA) is 51.2 Å². The molecule has 1 N–H and O–H groups in total. The first-order valence-electron chi connectivity index (χ1n) is 7.42. The molecular weight excluding hydrogens is 332 g/mol. The van der Waals surface area contributed by atoms with Gasteiger partial charge in [0.05, 0.1) is 13.0 Å². The number of hydrogen-bond donors (Lipinski definition) is 1. The molecule has 0 aliphatic carbocycles. The number of ether oxygens (including phenoxy) is 1. The van der Waals surface area contributed by atoms with Gasteiger partial charge in [0.2, 0.25) is 0 Å². The van der Waals surface area contributed by atoms with Crippen LogP contribution in [0.2, 0.25) is 5.02 Å². The van der Waals surface area contributed by atoms with E-state index < -0.39 is 0 Å². The third-order valence-corrected chi connectivity index (χ3v) is 4.18. The Kier molecular flexibility index (Phi) is 7.39. The molecule has 6 heteroatoms. The summed E-state index contributed by atoms with van der Waals surface area (Å²) < 4.78 is 4.87. The Morgan fingerprint density at radius 1 is 1.26 bits per heavy atom. The Balaban J connectivity index is 1.76. The van der Waals surface area contributed by atoms with Crippen LogP contribution in [0.15, 0.2) is 52.5 Å². The van der Waals surface area contributed by atoms with E-state index in [1.807, 2.05) is 42.6 Å². The van der Waals surface area contributed by atoms with Gasteiger partial charge in [0.1, 0.15) is 5.03 Å². The molecule has 0 radical (unpaired) electrons. The van der Waals surface area contributed by atoms with Crippen molar-refractivity contribution in [3.8, 4) is 0 Å². The van der Waals surface area contributed by atoms with Gasteiger partial charge < -0.3 is 10.1 Å². The number of nitrogens with zero attached hydrogens (tertiary/aromatic N) is 1. The molecule has 0 atom stereocenters. The lowest BCUT2D eigenvalue weighted by molar-refractivity contribution is -0.142. The van der Waals surface area contributed by atoms with Crippen molar-refractivity contribution >= 4 is 29.3 Å². The number of nitrogens with one attached hydrogen (secondary N) is 1. The number of pyridine rings is 1. The minimum Gasteiger partial charge on any atom is -0.466 e. The molecular formula is C17H19ClN2O2S. The van der Waals surface area contributed by atoms with Crippen LogP contribution in [0.1, 0.15) is 18.9 Å². The second kappa shape index (κ2) is 9.55. The molecule has 0 unspecified atom stereocenters. The minimum absolute atomic E-state index is 0.173. The van der Waals surface area contributed by atoms with Gasteiger partial charge in [-0.2, -0.15) is 0 Å². The first-order valence-corrected chi connectivity index (χ1v) is 8.61. The zero-order valence-corrected chi connectivity index (χ0v) is 14.5. The summed E-state index contributed by atoms with van der Waals surface area (Å²) in [5.74, 6) is -0.173. The number of benzene rings is 1. The van der Waals surface area contributed by atoms with E-state index >= 15 is 0 Å². The average molecular weight is 351 g/mol. The Labute approximate surface area is 145 Å². The van der Waals surface area contributed by atoms with E-state index in [0.717, 1.165) is 20.5 Å². The van der Waals surface area contributed by atoms with E-state index in [9.17, 15) is 4.79 Å². The van der Waals surface area contributed by atoms with Crippen molar-refractivity contribution in [3.05, 3.63) is 53.2 Å². The molecule has 0 aliphatic heterocycles. The zero-order valence-electron chi connectivity index (χ0n) is 12.9. The second-order valence-electron chi connectivity index (χ2n) is 4.79. The van der Waals surface area contributed by atoms with Crippen LogP contribution in [0.3, 0.4) is 0 Å². The Hall–Kier alpha value is -1.56. The molecule has 1 aromatic heterocycles. The predicted molar refractivity (Wildman–Crippen MR) is 92.8 cm³/mol. The van der Waals surface area contributed by atoms with Crippen LogP contribution in [0.4, 0.5) is 0 Å². The summed E-state index contributed by atoms with van der Waals surface area (Å²) in [6.45, 7) is 3.51. The van der Waals surface area contributed by atoms with E-state index in [1.165, 1.54) is 0 Å². The van der Waals surface area contributed by atoms with Gasteiger partial charge in [0.15, 0.2) is 0 Å². The maximum absolute atomic E-state index is 11.2. The highest BCUT2D eigenvalue weighted by molar-refractivity contribution is 7.99. The monoisotopic (exact) mass is 350 g/mol. The lowest BCUT2D eigenvalue weighted by Gasteiger charge is -2.06. The largest absolute Gasteiger partial charge is 0.466 e. The van der Waals surface area contributed by atoms with Gasteiger partial charge in [0.25, 0.3) is 0 Å². The molecule has 122 valence electrons. The van der Waals surface area contributed by atoms with Gasteiger partial charge in [-0.05, 0) is 42.8 Å². The summed E-state index contributed by atoms with van der Waals surface area (Å²) in [6.07, 6.45) is 2.22. The van der Waals surface area contributed by atoms with Crippen molar-refractivity contribution in [2.24, 2.45) is 0 Å². The van der Waals surface area contributed by atoms with Gasteiger partial charge in [0, 0.05) is 29.2 Å². The lowest BCUT2D eigenvalue weighted by Crippen LogP contribution is -2.19. The maximum Gasteiger partial charge on any atom is 0.307 e. The number of hydrogen-bond acceptors (Lipinski definition) is 5. The normalized spacial score (nSPS) is 10.5. The van der Waals surface area contributed by atoms with Crippen LogP contribution in [0, 0.1) is 0 Å². The fraction of sp³-hybridized carbons (Fsp3) is 0.294. The summed E-state index contributed by atoms with van der Waals surface area (Å²) in [5, 5.41) is 4.87. The number of esters is 1. The van der Waals surface area contributed by atoms with E-state index in [0.29, 0.717) is 26.1 Å². The second-order valence-corrected chi connectivity index (χ2v) is 6.32. The third kappa shape index (κ3) is 6.60. The summed E-state index contributed by atoms with van der Waals surface area (Å²) >= 11 is 7.46. The SMILES string of the molecule is CCOC(=O)CCNCc1ccc(Sc2ccc(Cl)cc2)nc1. The molecule has 0 fully saturated rings. The highest BCUT2D eigenvalue weighted by Gasteiger charge is 2.02. The van der Waals surface area contributed by atoms with Crippen LogP contribution in [0.5, 0.6) is 0 Å². The fourth-order valence-corrected chi connectivity index (χ4v) is 2.74. The molecule has 0 spiro atoms. The van der Waals surface area contributed by atoms with Crippen molar-refractivity contribution in [2.75, 3.05) is 13.2 Å². The molecule has 4 nitrogen and oxygen atoms in total. The van der Waals surface area contributed by atoms with Crippen LogP contribution >= 0.6 is 23.4 Å². The number of aromatic nitrogens is 1. The molecule has 0 aliphatic rings. The first kappa shape index (κ1) is 17.8. The molecule has 0 saturated heterocycles. The van der Waals surface area contributed by atoms with E-state index in [2.05, 4.69) is 10.3 Å². The number of carbonyl (C=O) groups is 1. The van der Waals surface area contributed by atoms with Crippen molar-refractivity contribution in [2.45, 2.75) is 29.8 Å². The molecule has 23 heavy (non-hydrogen) atoms. The van der Waals surface area contributed by atoms with Crippen LogP contribution < -0.4 is 5.32 Å². The molecule has 0 saturated carbocycles. The number of halogens is 1. The molecule has 1 aromatic carbocycles. The summed E-state index contributed by atoms with van der Waals surface area (Å²) in [5.41, 5.74) is 1.08. The number of rotatable bonds is 8. The van der Waals surface area contributed by atoms with Crippen LogP contribution in [-0.4, -0.2) is 24.1 Å². The minimum atomic E-state index is -0.173. The van der Waals surface area contributed by atoms with Gasteiger partial charge in [-0.1, -0.05) is 29.4 Å². The molecule has 0 bridgehead atoms. The molecule has 2 rings (SSSR count). The number of carbonyl (C=O) groups excluding carboxylic acids is 1. The quantitative estimate of drug-likeness (QED) is 0.577. The first-order chi connectivity index (χ1) is 11.2. The maximum atomic E-state index is 11.2. The lowest BCUT2D eigenvalue weighted by atomic mass is 10.3. The predicted octanol–water partition coefficient (Wildman–Crippen LogP) is 3.93. The molecule has 2 aromatic rings. The van der Waals surface area contributed by atoms with Crippen LogP contribution in [0.25, 0.3) is 0 Å². The van der Waals surface area contributed by atoms with Crippen molar-refractivity contribution < 1.29 is 9.53 Å². The Morgan fingerprint density at radius 2 is 2.04 bits per heavy atom. The molecule has 0 amide bonds. The fourth-order valence-electron chi connectivity index (χ4n) is 1.86. The standard InChI is InChI=1S/C17H19ClN2O2S/c1-2-22-17(21)9-10-19-11-13-3-8-16(20-12-13)23-15-6-4-14(18)5-7-15/h3-8,12,19H,2,9-11H2,1H3. The highest BCUT2D eigenvalue weighted by Crippen LogP contribution is 2.26. The van der Waals surface area contributed by atoms with E-state index in [1.54, 1.807) is 18.7 Å². The van der Waals surface area contributed by atoms with Gasteiger partial charge in [-0.15, -0.1) is 0 Å². The highest BCUT2D eigenvalue weighted by atomic mass is 35.5. The Morgan fingerprint density at radius 3 is 2.70 bits per heavy atom. The third-order valence-electron chi connectivity index (χ3n) is 2.97. The summed E-state index contributed by atoms with van der Waals surface area (Å²) in [7, 11) is 0. The van der Waals surface area contributed by atoms with Gasteiger partial charge in [-0.25, -0.2) is 4.98 Å². The van der Waals surface area contributed by atoms with Gasteiger partial charge in [-0.3, -0.25) is 4.79 Å². The Bertz CT molecular complexity index is 617. The summed E-state index contributed by atoms with van der Waals surface area (Å²) in [6, 6.07) is 11.7. The zero-order chi connectivity index (χ0) is 16.5. The average Bonchev–Trinajstić information content (AvgIpc) is 2.55. The van der Waals surface area contributed by atoms with E-state index in [4.69, 9.17) is 16.3 Å². The van der Waals surface area contributed by atoms with Crippen LogP contribution in [-0.2, 0) is 16.1 Å². The summed E-state index contributed by atoms with van der Waals surface area (Å²) in [4.78, 5) is 16.7. The van der Waals surface area contributed by atoms with Crippen molar-refractivity contribution in [1.29, 1.82) is 0 Å². The van der Waals surface area contributed by atoms with Crippen molar-refractivity contribution in [1.82, 2.24) is 10.3 Å². The molecule has 1 heterocycles. The van der Waals surface area contributed by atoms with E-state index in [-0.39, 0.29) is 5.97 Å². The smallest absolute Gasteiger partial charge is 0.307 e.